The van der Waals surface area contributed by atoms with Crippen molar-refractivity contribution in [2.24, 2.45) is 5.92 Å². The van der Waals surface area contributed by atoms with Gasteiger partial charge in [0, 0.05) is 12.1 Å². The lowest BCUT2D eigenvalue weighted by atomic mass is 9.94. The molecule has 0 spiro atoms. The summed E-state index contributed by atoms with van der Waals surface area (Å²) in [6.45, 7) is 8.90. The third-order valence-corrected chi connectivity index (χ3v) is 3.73. The maximum Gasteiger partial charge on any atom is 0.123 e. The van der Waals surface area contributed by atoms with Gasteiger partial charge >= 0.3 is 0 Å². The molecule has 1 nitrogen and oxygen atoms in total. The van der Waals surface area contributed by atoms with Crippen LogP contribution in [0.5, 0.6) is 0 Å². The van der Waals surface area contributed by atoms with Gasteiger partial charge in [-0.25, -0.2) is 4.39 Å². The van der Waals surface area contributed by atoms with Gasteiger partial charge in [0.25, 0.3) is 0 Å². The van der Waals surface area contributed by atoms with E-state index in [-0.39, 0.29) is 5.82 Å². The van der Waals surface area contributed by atoms with E-state index in [1.807, 2.05) is 6.07 Å². The number of hydrogen-bond acceptors (Lipinski definition) is 1. The second-order valence-electron chi connectivity index (χ2n) is 5.27. The SMILES string of the molecule is CCC(CC)C(C)NC(C)Cc1cccc(F)c1. The zero-order valence-electron chi connectivity index (χ0n) is 12.0. The largest absolute Gasteiger partial charge is 0.311 e. The quantitative estimate of drug-likeness (QED) is 0.767. The van der Waals surface area contributed by atoms with E-state index in [2.05, 4.69) is 33.0 Å². The summed E-state index contributed by atoms with van der Waals surface area (Å²) in [6, 6.07) is 7.78. The van der Waals surface area contributed by atoms with E-state index in [4.69, 9.17) is 0 Å². The highest BCUT2D eigenvalue weighted by Crippen LogP contribution is 2.14. The first-order chi connectivity index (χ1) is 8.56. The summed E-state index contributed by atoms with van der Waals surface area (Å²) in [5.41, 5.74) is 1.06. The van der Waals surface area contributed by atoms with Gasteiger partial charge in [0.1, 0.15) is 5.82 Å². The highest BCUT2D eigenvalue weighted by atomic mass is 19.1. The lowest BCUT2D eigenvalue weighted by Crippen LogP contribution is -2.40. The van der Waals surface area contributed by atoms with Crippen LogP contribution < -0.4 is 5.32 Å². The lowest BCUT2D eigenvalue weighted by molar-refractivity contribution is 0.327. The van der Waals surface area contributed by atoms with Crippen LogP contribution in [0.4, 0.5) is 4.39 Å². The Morgan fingerprint density at radius 1 is 1.17 bits per heavy atom. The Bertz CT molecular complexity index is 347. The molecule has 102 valence electrons. The average Bonchev–Trinajstić information content (AvgIpc) is 2.30. The number of rotatable bonds is 7. The fraction of sp³-hybridized carbons (Fsp3) is 0.625. The van der Waals surface area contributed by atoms with Gasteiger partial charge in [0.15, 0.2) is 0 Å². The summed E-state index contributed by atoms with van der Waals surface area (Å²) in [7, 11) is 0. The van der Waals surface area contributed by atoms with Gasteiger partial charge in [-0.1, -0.05) is 38.8 Å². The number of nitrogens with one attached hydrogen (secondary N) is 1. The van der Waals surface area contributed by atoms with Crippen molar-refractivity contribution in [1.29, 1.82) is 0 Å². The summed E-state index contributed by atoms with van der Waals surface area (Å²) >= 11 is 0. The van der Waals surface area contributed by atoms with Crippen LogP contribution in [0.2, 0.25) is 0 Å². The van der Waals surface area contributed by atoms with Crippen LogP contribution in [0.15, 0.2) is 24.3 Å². The molecule has 18 heavy (non-hydrogen) atoms. The minimum atomic E-state index is -0.146. The second kappa shape index (κ2) is 7.52. The maximum absolute atomic E-state index is 13.1. The molecule has 2 unspecified atom stereocenters. The predicted molar refractivity (Wildman–Crippen MR) is 76.2 cm³/mol. The van der Waals surface area contributed by atoms with Gasteiger partial charge in [0.05, 0.1) is 0 Å². The molecule has 0 saturated heterocycles. The summed E-state index contributed by atoms with van der Waals surface area (Å²) in [5, 5.41) is 3.63. The smallest absolute Gasteiger partial charge is 0.123 e. The number of hydrogen-bond donors (Lipinski definition) is 1. The van der Waals surface area contributed by atoms with Crippen LogP contribution in [0.3, 0.4) is 0 Å². The molecule has 2 atom stereocenters. The minimum Gasteiger partial charge on any atom is -0.311 e. The molecule has 2 heteroatoms. The van der Waals surface area contributed by atoms with E-state index in [1.165, 1.54) is 18.9 Å². The monoisotopic (exact) mass is 251 g/mol. The highest BCUT2D eigenvalue weighted by Gasteiger charge is 2.15. The second-order valence-corrected chi connectivity index (χ2v) is 5.27. The lowest BCUT2D eigenvalue weighted by Gasteiger charge is -2.26. The van der Waals surface area contributed by atoms with Crippen LogP contribution in [-0.2, 0) is 6.42 Å². The van der Waals surface area contributed by atoms with Gasteiger partial charge in [0.2, 0.25) is 0 Å². The average molecular weight is 251 g/mol. The molecule has 0 fully saturated rings. The Hall–Kier alpha value is -0.890. The van der Waals surface area contributed by atoms with Crippen molar-refractivity contribution in [1.82, 2.24) is 5.32 Å². The van der Waals surface area contributed by atoms with Crippen molar-refractivity contribution in [2.45, 2.75) is 59.0 Å². The van der Waals surface area contributed by atoms with Crippen molar-refractivity contribution in [2.75, 3.05) is 0 Å². The van der Waals surface area contributed by atoms with E-state index < -0.39 is 0 Å². The van der Waals surface area contributed by atoms with Gasteiger partial charge in [-0.15, -0.1) is 0 Å². The molecule has 1 rings (SSSR count). The van der Waals surface area contributed by atoms with Crippen molar-refractivity contribution in [3.8, 4) is 0 Å². The molecule has 0 bridgehead atoms. The molecule has 0 heterocycles. The molecule has 0 aliphatic rings. The van der Waals surface area contributed by atoms with Crippen LogP contribution >= 0.6 is 0 Å². The minimum absolute atomic E-state index is 0.146. The van der Waals surface area contributed by atoms with Gasteiger partial charge in [-0.2, -0.15) is 0 Å². The first-order valence-electron chi connectivity index (χ1n) is 7.07. The zero-order chi connectivity index (χ0) is 13.5. The molecule has 1 N–H and O–H groups in total. The summed E-state index contributed by atoms with van der Waals surface area (Å²) < 4.78 is 13.1. The zero-order valence-corrected chi connectivity index (χ0v) is 12.0. The van der Waals surface area contributed by atoms with E-state index in [1.54, 1.807) is 12.1 Å². The Morgan fingerprint density at radius 3 is 2.39 bits per heavy atom. The summed E-state index contributed by atoms with van der Waals surface area (Å²) in [6.07, 6.45) is 3.29. The van der Waals surface area contributed by atoms with Gasteiger partial charge in [-0.3, -0.25) is 0 Å². The van der Waals surface area contributed by atoms with Crippen molar-refractivity contribution in [3.63, 3.8) is 0 Å². The first-order valence-corrected chi connectivity index (χ1v) is 7.07. The molecule has 0 saturated carbocycles. The molecular weight excluding hydrogens is 225 g/mol. The van der Waals surface area contributed by atoms with Crippen LogP contribution in [-0.4, -0.2) is 12.1 Å². The van der Waals surface area contributed by atoms with Crippen molar-refractivity contribution in [3.05, 3.63) is 35.6 Å². The molecule has 0 radical (unpaired) electrons. The number of benzene rings is 1. The van der Waals surface area contributed by atoms with E-state index in [9.17, 15) is 4.39 Å². The third-order valence-electron chi connectivity index (χ3n) is 3.73. The molecule has 1 aromatic rings. The van der Waals surface area contributed by atoms with Crippen LogP contribution in [0.25, 0.3) is 0 Å². The van der Waals surface area contributed by atoms with Gasteiger partial charge < -0.3 is 5.32 Å². The molecular formula is C16H26FN. The summed E-state index contributed by atoms with van der Waals surface area (Å²) in [4.78, 5) is 0. The van der Waals surface area contributed by atoms with Crippen LogP contribution in [0, 0.1) is 11.7 Å². The Kier molecular flexibility index (Phi) is 6.34. The fourth-order valence-electron chi connectivity index (χ4n) is 2.66. The summed E-state index contributed by atoms with van der Waals surface area (Å²) in [5.74, 6) is 0.577. The fourth-order valence-corrected chi connectivity index (χ4v) is 2.66. The molecule has 0 aliphatic carbocycles. The normalized spacial score (nSPS) is 14.8. The van der Waals surface area contributed by atoms with E-state index >= 15 is 0 Å². The first kappa shape index (κ1) is 15.2. The molecule has 1 aromatic carbocycles. The Morgan fingerprint density at radius 2 is 1.83 bits per heavy atom. The number of halogens is 1. The Balaban J connectivity index is 2.48. The highest BCUT2D eigenvalue weighted by molar-refractivity contribution is 5.17. The van der Waals surface area contributed by atoms with E-state index in [0.29, 0.717) is 12.1 Å². The maximum atomic E-state index is 13.1. The van der Waals surface area contributed by atoms with Crippen LogP contribution in [0.1, 0.15) is 46.1 Å². The van der Waals surface area contributed by atoms with E-state index in [0.717, 1.165) is 17.9 Å². The molecule has 0 aliphatic heterocycles. The standard InChI is InChI=1S/C16H26FN/c1-5-15(6-2)13(4)18-12(3)10-14-8-7-9-16(17)11-14/h7-9,11-13,15,18H,5-6,10H2,1-4H3. The topological polar surface area (TPSA) is 12.0 Å². The van der Waals surface area contributed by atoms with Crippen molar-refractivity contribution < 1.29 is 4.39 Å². The van der Waals surface area contributed by atoms with Gasteiger partial charge in [-0.05, 0) is 43.9 Å². The van der Waals surface area contributed by atoms with Crippen molar-refractivity contribution >= 4 is 0 Å². The molecule has 0 aromatic heterocycles. The Labute approximate surface area is 111 Å². The predicted octanol–water partition coefficient (Wildman–Crippen LogP) is 4.17. The third kappa shape index (κ3) is 4.77. The molecule has 0 amide bonds.